The molecular weight excluding hydrogens is 428 g/mol. The predicted octanol–water partition coefficient (Wildman–Crippen LogP) is 2.79. The molecule has 3 heterocycles. The van der Waals surface area contributed by atoms with Crippen LogP contribution in [-0.4, -0.2) is 57.5 Å². The predicted molar refractivity (Wildman–Crippen MR) is 117 cm³/mol. The quantitative estimate of drug-likeness (QED) is 0.596. The Morgan fingerprint density at radius 2 is 1.61 bits per heavy atom. The van der Waals surface area contributed by atoms with Crippen LogP contribution in [0.15, 0.2) is 30.3 Å². The molecule has 0 aromatic heterocycles. The lowest BCUT2D eigenvalue weighted by Crippen LogP contribution is -2.21. The summed E-state index contributed by atoms with van der Waals surface area (Å²) < 4.78 is 28.6. The number of ether oxygens (including phenoxy) is 5. The highest BCUT2D eigenvalue weighted by Crippen LogP contribution is 2.51. The largest absolute Gasteiger partial charge is 0.491 e. The number of rotatable bonds is 5. The monoisotopic (exact) mass is 448 g/mol. The van der Waals surface area contributed by atoms with E-state index < -0.39 is 11.8 Å². The van der Waals surface area contributed by atoms with Crippen LogP contribution < -0.4 is 29.0 Å². The van der Waals surface area contributed by atoms with Gasteiger partial charge in [0, 0.05) is 22.9 Å². The molecule has 3 aliphatic heterocycles. The molecule has 9 nitrogen and oxygen atoms in total. The number of hydrogen-bond acceptors (Lipinski definition) is 8. The van der Waals surface area contributed by atoms with E-state index in [1.807, 2.05) is 31.1 Å². The van der Waals surface area contributed by atoms with Crippen LogP contribution >= 0.6 is 0 Å². The first kappa shape index (κ1) is 19.7. The van der Waals surface area contributed by atoms with Crippen molar-refractivity contribution in [2.75, 3.05) is 40.8 Å². The molecular formula is C24H20N2O7. The Morgan fingerprint density at radius 3 is 2.45 bits per heavy atom. The molecule has 0 atom stereocenters. The number of likely N-dealkylation sites (N-methyl/N-ethyl adjacent to an activating group) is 1. The average Bonchev–Trinajstić information content (AvgIpc) is 3.51. The van der Waals surface area contributed by atoms with Gasteiger partial charge in [-0.1, -0.05) is 6.07 Å². The Bertz CT molecular complexity index is 1350. The minimum absolute atomic E-state index is 0.0635. The highest BCUT2D eigenvalue weighted by molar-refractivity contribution is 6.30. The molecule has 6 rings (SSSR count). The van der Waals surface area contributed by atoms with E-state index in [4.69, 9.17) is 23.7 Å². The lowest BCUT2D eigenvalue weighted by Gasteiger charge is -2.19. The molecule has 0 unspecified atom stereocenters. The number of carbonyl (C=O) groups excluding carboxylic acids is 2. The number of carbonyl (C=O) groups is 2. The van der Waals surface area contributed by atoms with Crippen LogP contribution in [0.2, 0.25) is 0 Å². The highest BCUT2D eigenvalue weighted by Gasteiger charge is 2.38. The summed E-state index contributed by atoms with van der Waals surface area (Å²) in [5.41, 5.74) is 1.71. The van der Waals surface area contributed by atoms with E-state index in [1.165, 1.54) is 0 Å². The molecule has 0 aliphatic carbocycles. The Kier molecular flexibility index (Phi) is 4.34. The molecule has 0 fully saturated rings. The summed E-state index contributed by atoms with van der Waals surface area (Å²) in [5, 5.41) is 3.74. The molecule has 0 spiro atoms. The van der Waals surface area contributed by atoms with Crippen LogP contribution in [0.4, 0.5) is 0 Å². The van der Waals surface area contributed by atoms with E-state index in [1.54, 1.807) is 18.2 Å². The number of fused-ring (bicyclic) bond motifs is 5. The Morgan fingerprint density at radius 1 is 0.879 bits per heavy atom. The van der Waals surface area contributed by atoms with Gasteiger partial charge in [-0.25, -0.2) is 0 Å². The van der Waals surface area contributed by atoms with Crippen LogP contribution in [-0.2, 0) is 0 Å². The van der Waals surface area contributed by atoms with Crippen molar-refractivity contribution >= 4 is 22.6 Å². The number of benzene rings is 3. The van der Waals surface area contributed by atoms with E-state index in [0.29, 0.717) is 63.8 Å². The molecule has 0 saturated carbocycles. The Balaban J connectivity index is 1.68. The van der Waals surface area contributed by atoms with Gasteiger partial charge in [-0.3, -0.25) is 14.9 Å². The summed E-state index contributed by atoms with van der Waals surface area (Å²) in [5.74, 6) is 1.63. The first-order chi connectivity index (χ1) is 16.0. The summed E-state index contributed by atoms with van der Waals surface area (Å²) >= 11 is 0. The lowest BCUT2D eigenvalue weighted by molar-refractivity contribution is 0.0878. The molecule has 0 saturated heterocycles. The zero-order valence-corrected chi connectivity index (χ0v) is 18.0. The maximum Gasteiger partial charge on any atom is 0.262 e. The van der Waals surface area contributed by atoms with E-state index in [9.17, 15) is 9.59 Å². The first-order valence-electron chi connectivity index (χ1n) is 10.5. The molecule has 3 aromatic rings. The average molecular weight is 448 g/mol. The summed E-state index contributed by atoms with van der Waals surface area (Å²) in [6.07, 6.45) is 0. The van der Waals surface area contributed by atoms with Crippen molar-refractivity contribution in [3.63, 3.8) is 0 Å². The molecule has 0 bridgehead atoms. The summed E-state index contributed by atoms with van der Waals surface area (Å²) in [6, 6.07) is 9.04. The standard InChI is InChI=1S/C24H20N2O7/c1-26(2)7-8-29-21-13-4-6-15-22(33-11-31-15)18(13)17(19-20(21)24(28)25-23(19)27)12-3-5-14-16(9-12)32-10-30-14/h3-6,9H,7-8,10-11H2,1-2H3,(H,25,27,28). The van der Waals surface area contributed by atoms with Gasteiger partial charge in [0.15, 0.2) is 23.0 Å². The van der Waals surface area contributed by atoms with Gasteiger partial charge in [0.05, 0.1) is 11.1 Å². The van der Waals surface area contributed by atoms with Gasteiger partial charge < -0.3 is 28.6 Å². The van der Waals surface area contributed by atoms with Crippen LogP contribution in [0.25, 0.3) is 21.9 Å². The van der Waals surface area contributed by atoms with Crippen molar-refractivity contribution in [1.82, 2.24) is 10.2 Å². The molecule has 2 amide bonds. The van der Waals surface area contributed by atoms with E-state index in [2.05, 4.69) is 5.32 Å². The van der Waals surface area contributed by atoms with Gasteiger partial charge in [0.25, 0.3) is 11.8 Å². The summed E-state index contributed by atoms with van der Waals surface area (Å²) in [4.78, 5) is 28.0. The zero-order chi connectivity index (χ0) is 22.7. The topological polar surface area (TPSA) is 95.6 Å². The molecule has 168 valence electrons. The van der Waals surface area contributed by atoms with E-state index >= 15 is 0 Å². The number of amides is 2. The van der Waals surface area contributed by atoms with Crippen molar-refractivity contribution < 1.29 is 33.3 Å². The fourth-order valence-electron chi connectivity index (χ4n) is 4.40. The third kappa shape index (κ3) is 2.96. The maximum atomic E-state index is 13.1. The van der Waals surface area contributed by atoms with Gasteiger partial charge in [-0.2, -0.15) is 0 Å². The minimum atomic E-state index is -0.489. The second-order valence-corrected chi connectivity index (χ2v) is 8.18. The van der Waals surface area contributed by atoms with E-state index in [-0.39, 0.29) is 24.7 Å². The second-order valence-electron chi connectivity index (χ2n) is 8.18. The first-order valence-corrected chi connectivity index (χ1v) is 10.5. The molecule has 33 heavy (non-hydrogen) atoms. The van der Waals surface area contributed by atoms with Gasteiger partial charge >= 0.3 is 0 Å². The van der Waals surface area contributed by atoms with Crippen molar-refractivity contribution in [1.29, 1.82) is 0 Å². The lowest BCUT2D eigenvalue weighted by atomic mass is 9.88. The van der Waals surface area contributed by atoms with Gasteiger partial charge in [-0.15, -0.1) is 0 Å². The third-order valence-corrected chi connectivity index (χ3v) is 5.89. The normalized spacial score (nSPS) is 15.4. The molecule has 3 aliphatic rings. The minimum Gasteiger partial charge on any atom is -0.491 e. The summed E-state index contributed by atoms with van der Waals surface area (Å²) in [6.45, 7) is 1.17. The third-order valence-electron chi connectivity index (χ3n) is 5.89. The maximum absolute atomic E-state index is 13.1. The number of nitrogens with zero attached hydrogens (tertiary/aromatic N) is 1. The van der Waals surface area contributed by atoms with Crippen LogP contribution in [0.3, 0.4) is 0 Å². The van der Waals surface area contributed by atoms with Crippen LogP contribution in [0.1, 0.15) is 20.7 Å². The number of hydrogen-bond donors (Lipinski definition) is 1. The second kappa shape index (κ2) is 7.28. The van der Waals surface area contributed by atoms with Crippen molar-refractivity contribution in [3.05, 3.63) is 41.5 Å². The van der Waals surface area contributed by atoms with Gasteiger partial charge in [-0.05, 0) is 43.9 Å². The Labute approximate surface area is 188 Å². The van der Waals surface area contributed by atoms with Crippen molar-refractivity contribution in [2.24, 2.45) is 0 Å². The highest BCUT2D eigenvalue weighted by atomic mass is 16.7. The van der Waals surface area contributed by atoms with Crippen LogP contribution in [0.5, 0.6) is 28.7 Å². The van der Waals surface area contributed by atoms with Gasteiger partial charge in [0.1, 0.15) is 12.4 Å². The Hall–Kier alpha value is -3.98. The van der Waals surface area contributed by atoms with Gasteiger partial charge in [0.2, 0.25) is 13.6 Å². The van der Waals surface area contributed by atoms with Crippen LogP contribution in [0, 0.1) is 0 Å². The van der Waals surface area contributed by atoms with E-state index in [0.717, 1.165) is 0 Å². The van der Waals surface area contributed by atoms with Crippen molar-refractivity contribution in [3.8, 4) is 39.9 Å². The zero-order valence-electron chi connectivity index (χ0n) is 18.0. The summed E-state index contributed by atoms with van der Waals surface area (Å²) in [7, 11) is 3.87. The molecule has 1 N–H and O–H groups in total. The fourth-order valence-corrected chi connectivity index (χ4v) is 4.40. The number of imide groups is 1. The molecule has 0 radical (unpaired) electrons. The van der Waals surface area contributed by atoms with Crippen molar-refractivity contribution in [2.45, 2.75) is 0 Å². The number of nitrogens with one attached hydrogen (secondary N) is 1. The SMILES string of the molecule is CN(C)CCOc1c2c(c(-c3ccc4c(c3)OCO4)c3c4c(ccc13)OCO4)C(=O)NC2=O. The molecule has 9 heteroatoms. The fraction of sp³-hybridized carbons (Fsp3) is 0.250. The molecule has 3 aromatic carbocycles. The smallest absolute Gasteiger partial charge is 0.262 e.